The number of rotatable bonds is 2. The molecule has 0 saturated carbocycles. The molecule has 2 aromatic carbocycles. The molecular weight excluding hydrogens is 281 g/mol. The first-order valence-electron chi connectivity index (χ1n) is 5.25. The van der Waals surface area contributed by atoms with Crippen LogP contribution in [0.3, 0.4) is 0 Å². The lowest BCUT2D eigenvalue weighted by Crippen LogP contribution is -2.11. The molecule has 20 heavy (non-hydrogen) atoms. The first-order chi connectivity index (χ1) is 9.31. The number of halogens is 5. The molecule has 0 spiro atoms. The van der Waals surface area contributed by atoms with Crippen molar-refractivity contribution in [1.82, 2.24) is 0 Å². The van der Waals surface area contributed by atoms with Crippen molar-refractivity contribution in [2.45, 2.75) is 0 Å². The van der Waals surface area contributed by atoms with E-state index in [1.165, 1.54) is 0 Å². The summed E-state index contributed by atoms with van der Waals surface area (Å²) in [5.41, 5.74) is 2.65. The zero-order valence-electron chi connectivity index (χ0n) is 9.68. The number of hydrogen-bond donors (Lipinski definition) is 1. The standard InChI is InChI=1S/C13H6F5NO/c14-5-1-9(17)12(10(18)2-5)13(20)6-3-11(19)8(16)4-7(6)15/h1-4H,19H2. The van der Waals surface area contributed by atoms with Crippen molar-refractivity contribution in [3.05, 3.63) is 64.5 Å². The fraction of sp³-hybridized carbons (Fsp3) is 0. The largest absolute Gasteiger partial charge is 0.396 e. The number of nitrogens with two attached hydrogens (primary N) is 1. The lowest BCUT2D eigenvalue weighted by molar-refractivity contribution is 0.102. The summed E-state index contributed by atoms with van der Waals surface area (Å²) in [6, 6.07) is 1.50. The Morgan fingerprint density at radius 2 is 1.35 bits per heavy atom. The highest BCUT2D eigenvalue weighted by molar-refractivity contribution is 6.09. The average Bonchev–Trinajstić information content (AvgIpc) is 2.32. The van der Waals surface area contributed by atoms with E-state index in [-0.39, 0.29) is 12.1 Å². The quantitative estimate of drug-likeness (QED) is 0.523. The molecule has 0 aliphatic heterocycles. The van der Waals surface area contributed by atoms with E-state index in [9.17, 15) is 26.7 Å². The van der Waals surface area contributed by atoms with Gasteiger partial charge in [0.15, 0.2) is 0 Å². The molecule has 0 bridgehead atoms. The number of benzene rings is 2. The summed E-state index contributed by atoms with van der Waals surface area (Å²) < 4.78 is 66.0. The Bertz CT molecular complexity index is 691. The SMILES string of the molecule is Nc1cc(C(=O)c2c(F)cc(F)cc2F)c(F)cc1F. The third-order valence-electron chi connectivity index (χ3n) is 2.56. The van der Waals surface area contributed by atoms with Gasteiger partial charge in [-0.15, -0.1) is 0 Å². The van der Waals surface area contributed by atoms with Gasteiger partial charge < -0.3 is 5.73 Å². The van der Waals surface area contributed by atoms with Crippen LogP contribution in [0.25, 0.3) is 0 Å². The third-order valence-corrected chi connectivity index (χ3v) is 2.56. The van der Waals surface area contributed by atoms with Gasteiger partial charge in [0.25, 0.3) is 0 Å². The van der Waals surface area contributed by atoms with Crippen molar-refractivity contribution in [3.8, 4) is 0 Å². The van der Waals surface area contributed by atoms with Crippen LogP contribution < -0.4 is 5.73 Å². The zero-order valence-corrected chi connectivity index (χ0v) is 9.68. The van der Waals surface area contributed by atoms with Gasteiger partial charge in [-0.05, 0) is 6.07 Å². The monoisotopic (exact) mass is 287 g/mol. The lowest BCUT2D eigenvalue weighted by Gasteiger charge is -2.07. The summed E-state index contributed by atoms with van der Waals surface area (Å²) in [4.78, 5) is 11.9. The highest BCUT2D eigenvalue weighted by Gasteiger charge is 2.24. The van der Waals surface area contributed by atoms with Gasteiger partial charge in [-0.1, -0.05) is 0 Å². The molecule has 0 aliphatic rings. The second kappa shape index (κ2) is 4.92. The minimum atomic E-state index is -1.49. The maximum atomic E-state index is 13.5. The van der Waals surface area contributed by atoms with Gasteiger partial charge in [0, 0.05) is 18.2 Å². The van der Waals surface area contributed by atoms with Crippen LogP contribution in [0.1, 0.15) is 15.9 Å². The Kier molecular flexibility index (Phi) is 3.44. The van der Waals surface area contributed by atoms with Crippen LogP contribution >= 0.6 is 0 Å². The van der Waals surface area contributed by atoms with E-state index in [4.69, 9.17) is 5.73 Å². The van der Waals surface area contributed by atoms with Gasteiger partial charge in [-0.2, -0.15) is 0 Å². The van der Waals surface area contributed by atoms with Crippen molar-refractivity contribution in [1.29, 1.82) is 0 Å². The zero-order chi connectivity index (χ0) is 15.0. The molecule has 0 radical (unpaired) electrons. The van der Waals surface area contributed by atoms with E-state index < -0.39 is 51.7 Å². The highest BCUT2D eigenvalue weighted by atomic mass is 19.2. The molecule has 0 fully saturated rings. The Morgan fingerprint density at radius 3 is 1.90 bits per heavy atom. The predicted octanol–water partition coefficient (Wildman–Crippen LogP) is 3.20. The third kappa shape index (κ3) is 2.34. The van der Waals surface area contributed by atoms with E-state index >= 15 is 0 Å². The predicted molar refractivity (Wildman–Crippen MR) is 60.5 cm³/mol. The average molecular weight is 287 g/mol. The molecular formula is C13H6F5NO. The molecule has 0 aromatic heterocycles. The molecule has 0 amide bonds. The second-order valence-electron chi connectivity index (χ2n) is 3.93. The number of hydrogen-bond acceptors (Lipinski definition) is 2. The first kappa shape index (κ1) is 14.0. The first-order valence-corrected chi connectivity index (χ1v) is 5.25. The van der Waals surface area contributed by atoms with Gasteiger partial charge in [-0.3, -0.25) is 4.79 Å². The van der Waals surface area contributed by atoms with Crippen LogP contribution in [0.4, 0.5) is 27.6 Å². The van der Waals surface area contributed by atoms with Crippen LogP contribution in [0.15, 0.2) is 24.3 Å². The van der Waals surface area contributed by atoms with Crippen LogP contribution in [0.2, 0.25) is 0 Å². The molecule has 7 heteroatoms. The van der Waals surface area contributed by atoms with E-state index in [0.717, 1.165) is 0 Å². The summed E-state index contributed by atoms with van der Waals surface area (Å²) in [6.45, 7) is 0. The molecule has 2 rings (SSSR count). The van der Waals surface area contributed by atoms with Gasteiger partial charge in [-0.25, -0.2) is 22.0 Å². The van der Waals surface area contributed by atoms with Crippen LogP contribution in [0, 0.1) is 29.1 Å². The van der Waals surface area contributed by atoms with Crippen molar-refractivity contribution in [2.24, 2.45) is 0 Å². The number of carbonyl (C=O) groups excluding carboxylic acids is 1. The van der Waals surface area contributed by atoms with Gasteiger partial charge >= 0.3 is 0 Å². The number of nitrogen functional groups attached to an aromatic ring is 1. The summed E-state index contributed by atoms with van der Waals surface area (Å²) >= 11 is 0. The van der Waals surface area contributed by atoms with Gasteiger partial charge in [0.2, 0.25) is 5.78 Å². The van der Waals surface area contributed by atoms with Crippen molar-refractivity contribution in [3.63, 3.8) is 0 Å². The molecule has 2 N–H and O–H groups in total. The molecule has 0 saturated heterocycles. The van der Waals surface area contributed by atoms with Crippen LogP contribution in [-0.4, -0.2) is 5.78 Å². The Morgan fingerprint density at radius 1 is 0.800 bits per heavy atom. The summed E-state index contributed by atoms with van der Waals surface area (Å²) in [7, 11) is 0. The van der Waals surface area contributed by atoms with Crippen LogP contribution in [-0.2, 0) is 0 Å². The fourth-order valence-electron chi connectivity index (χ4n) is 1.63. The maximum Gasteiger partial charge on any atom is 0.201 e. The molecule has 2 nitrogen and oxygen atoms in total. The number of anilines is 1. The maximum absolute atomic E-state index is 13.5. The molecule has 104 valence electrons. The van der Waals surface area contributed by atoms with E-state index in [2.05, 4.69) is 0 Å². The van der Waals surface area contributed by atoms with Crippen molar-refractivity contribution >= 4 is 11.5 Å². The summed E-state index contributed by atoms with van der Waals surface area (Å²) in [5.74, 6) is -8.05. The Labute approximate surface area is 109 Å². The van der Waals surface area contributed by atoms with E-state index in [1.54, 1.807) is 0 Å². The van der Waals surface area contributed by atoms with Gasteiger partial charge in [0.05, 0.1) is 16.8 Å². The topological polar surface area (TPSA) is 43.1 Å². The van der Waals surface area contributed by atoms with Gasteiger partial charge in [0.1, 0.15) is 29.1 Å². The molecule has 0 aliphatic carbocycles. The number of carbonyl (C=O) groups is 1. The normalized spacial score (nSPS) is 10.7. The second-order valence-corrected chi connectivity index (χ2v) is 3.93. The smallest absolute Gasteiger partial charge is 0.201 e. The fourth-order valence-corrected chi connectivity index (χ4v) is 1.63. The number of ketones is 1. The van der Waals surface area contributed by atoms with Crippen molar-refractivity contribution in [2.75, 3.05) is 5.73 Å². The highest BCUT2D eigenvalue weighted by Crippen LogP contribution is 2.23. The molecule has 0 atom stereocenters. The summed E-state index contributed by atoms with van der Waals surface area (Å²) in [5, 5.41) is 0. The Balaban J connectivity index is 2.61. The molecule has 2 aromatic rings. The van der Waals surface area contributed by atoms with E-state index in [1.807, 2.05) is 0 Å². The molecule has 0 unspecified atom stereocenters. The summed E-state index contributed by atoms with van der Waals surface area (Å²) in [6.07, 6.45) is 0. The minimum absolute atomic E-state index is 0.279. The van der Waals surface area contributed by atoms with E-state index in [0.29, 0.717) is 12.1 Å². The molecule has 0 heterocycles. The van der Waals surface area contributed by atoms with Crippen molar-refractivity contribution < 1.29 is 26.7 Å². The van der Waals surface area contributed by atoms with Crippen LogP contribution in [0.5, 0.6) is 0 Å². The minimum Gasteiger partial charge on any atom is -0.396 e. The lowest BCUT2D eigenvalue weighted by atomic mass is 10.0. The Hall–Kier alpha value is -2.44.